The average Bonchev–Trinajstić information content (AvgIpc) is 2.16. The Kier molecular flexibility index (Phi) is 3.34. The summed E-state index contributed by atoms with van der Waals surface area (Å²) in [6, 6.07) is 6.96. The first-order valence-electron chi connectivity index (χ1n) is 5.02. The Labute approximate surface area is 87.1 Å². The monoisotopic (exact) mass is 189 g/mol. The molecule has 0 N–H and O–H groups in total. The van der Waals surface area contributed by atoms with Crippen molar-refractivity contribution in [2.24, 2.45) is 0 Å². The minimum Gasteiger partial charge on any atom is -0.372 e. The van der Waals surface area contributed by atoms with Gasteiger partial charge in [-0.2, -0.15) is 0 Å². The largest absolute Gasteiger partial charge is 0.372 e. The summed E-state index contributed by atoms with van der Waals surface area (Å²) in [5.74, 6) is 0. The zero-order valence-electron chi connectivity index (χ0n) is 9.54. The molecule has 0 bridgehead atoms. The Morgan fingerprint density at radius 1 is 1.36 bits per heavy atom. The molecule has 1 aromatic rings. The topological polar surface area (TPSA) is 3.24 Å². The Balaban J connectivity index is 3.16. The summed E-state index contributed by atoms with van der Waals surface area (Å²) in [4.78, 5) is 2.27. The van der Waals surface area contributed by atoms with Crippen LogP contribution >= 0.6 is 0 Å². The van der Waals surface area contributed by atoms with Crippen molar-refractivity contribution in [3.8, 4) is 0 Å². The van der Waals surface area contributed by atoms with Gasteiger partial charge < -0.3 is 4.90 Å². The molecule has 0 fully saturated rings. The van der Waals surface area contributed by atoms with Crippen LogP contribution < -0.4 is 4.90 Å². The highest BCUT2D eigenvalue weighted by atomic mass is 15.1. The highest BCUT2D eigenvalue weighted by molar-refractivity contribution is 5.67. The second-order valence-electron chi connectivity index (χ2n) is 3.97. The van der Waals surface area contributed by atoms with E-state index in [0.29, 0.717) is 6.04 Å². The first-order chi connectivity index (χ1) is 6.56. The molecule has 0 atom stereocenters. The van der Waals surface area contributed by atoms with E-state index in [1.54, 1.807) is 0 Å². The van der Waals surface area contributed by atoms with Gasteiger partial charge in [-0.1, -0.05) is 24.8 Å². The van der Waals surface area contributed by atoms with Gasteiger partial charge in [-0.15, -0.1) is 0 Å². The molecule has 0 heterocycles. The standard InChI is InChI=1S/C13H19N/c1-6-12-8-7-11(4)9-13(12)14(5)10(2)3/h6-10H,1H2,2-5H3. The van der Waals surface area contributed by atoms with Crippen molar-refractivity contribution >= 4 is 11.8 Å². The van der Waals surface area contributed by atoms with E-state index in [1.165, 1.54) is 16.8 Å². The molecule has 0 aromatic heterocycles. The lowest BCUT2D eigenvalue weighted by Gasteiger charge is -2.26. The van der Waals surface area contributed by atoms with Crippen molar-refractivity contribution in [2.45, 2.75) is 26.8 Å². The molecule has 0 spiro atoms. The van der Waals surface area contributed by atoms with Gasteiger partial charge in [0.15, 0.2) is 0 Å². The van der Waals surface area contributed by atoms with Gasteiger partial charge >= 0.3 is 0 Å². The fourth-order valence-electron chi connectivity index (χ4n) is 1.41. The van der Waals surface area contributed by atoms with Crippen molar-refractivity contribution < 1.29 is 0 Å². The Bertz CT molecular complexity index is 326. The second-order valence-corrected chi connectivity index (χ2v) is 3.97. The normalized spacial score (nSPS) is 10.4. The second kappa shape index (κ2) is 4.32. The molecule has 76 valence electrons. The van der Waals surface area contributed by atoms with Crippen LogP contribution in [0.25, 0.3) is 6.08 Å². The molecule has 0 saturated heterocycles. The fraction of sp³-hybridized carbons (Fsp3) is 0.385. The fourth-order valence-corrected chi connectivity index (χ4v) is 1.41. The number of aryl methyl sites for hydroxylation is 1. The molecule has 0 aliphatic heterocycles. The van der Waals surface area contributed by atoms with Crippen molar-refractivity contribution in [3.63, 3.8) is 0 Å². The highest BCUT2D eigenvalue weighted by Gasteiger charge is 2.08. The first kappa shape index (κ1) is 10.8. The van der Waals surface area contributed by atoms with Crippen molar-refractivity contribution in [3.05, 3.63) is 35.9 Å². The Morgan fingerprint density at radius 3 is 2.50 bits per heavy atom. The molecule has 0 radical (unpaired) electrons. The van der Waals surface area contributed by atoms with E-state index in [1.807, 2.05) is 6.08 Å². The van der Waals surface area contributed by atoms with Crippen molar-refractivity contribution in [2.75, 3.05) is 11.9 Å². The summed E-state index contributed by atoms with van der Waals surface area (Å²) >= 11 is 0. The van der Waals surface area contributed by atoms with Gasteiger partial charge in [0.1, 0.15) is 0 Å². The maximum atomic E-state index is 3.84. The lowest BCUT2D eigenvalue weighted by atomic mass is 10.1. The van der Waals surface area contributed by atoms with E-state index >= 15 is 0 Å². The first-order valence-corrected chi connectivity index (χ1v) is 5.02. The molecule has 1 heteroatoms. The summed E-state index contributed by atoms with van der Waals surface area (Å²) in [6.45, 7) is 10.3. The minimum absolute atomic E-state index is 0.510. The van der Waals surface area contributed by atoms with Crippen molar-refractivity contribution in [1.29, 1.82) is 0 Å². The van der Waals surface area contributed by atoms with E-state index in [0.717, 1.165) is 0 Å². The van der Waals surface area contributed by atoms with Gasteiger partial charge in [-0.05, 0) is 38.0 Å². The quantitative estimate of drug-likeness (QED) is 0.703. The van der Waals surface area contributed by atoms with Crippen LogP contribution in [-0.2, 0) is 0 Å². The number of nitrogens with zero attached hydrogens (tertiary/aromatic N) is 1. The SMILES string of the molecule is C=Cc1ccc(C)cc1N(C)C(C)C. The molecule has 0 aliphatic carbocycles. The predicted octanol–water partition coefficient (Wildman–Crippen LogP) is 3.48. The summed E-state index contributed by atoms with van der Waals surface area (Å²) in [5.41, 5.74) is 3.75. The van der Waals surface area contributed by atoms with Gasteiger partial charge in [0, 0.05) is 18.8 Å². The average molecular weight is 189 g/mol. The highest BCUT2D eigenvalue weighted by Crippen LogP contribution is 2.23. The summed E-state index contributed by atoms with van der Waals surface area (Å²) < 4.78 is 0. The molecule has 1 rings (SSSR count). The predicted molar refractivity (Wildman–Crippen MR) is 64.8 cm³/mol. The van der Waals surface area contributed by atoms with Crippen LogP contribution in [0.2, 0.25) is 0 Å². The van der Waals surface area contributed by atoms with Gasteiger partial charge in [0.2, 0.25) is 0 Å². The third-order valence-electron chi connectivity index (χ3n) is 2.56. The molecule has 14 heavy (non-hydrogen) atoms. The van der Waals surface area contributed by atoms with Crippen LogP contribution in [0.3, 0.4) is 0 Å². The molecular weight excluding hydrogens is 170 g/mol. The molecule has 0 saturated carbocycles. The van der Waals surface area contributed by atoms with Crippen LogP contribution in [0.4, 0.5) is 5.69 Å². The van der Waals surface area contributed by atoms with E-state index in [4.69, 9.17) is 0 Å². The number of rotatable bonds is 3. The van der Waals surface area contributed by atoms with Gasteiger partial charge in [0.05, 0.1) is 0 Å². The zero-order chi connectivity index (χ0) is 10.7. The molecule has 0 amide bonds. The third kappa shape index (κ3) is 2.16. The van der Waals surface area contributed by atoms with E-state index < -0.39 is 0 Å². The van der Waals surface area contributed by atoms with E-state index in [-0.39, 0.29) is 0 Å². The van der Waals surface area contributed by atoms with Gasteiger partial charge in [-0.3, -0.25) is 0 Å². The van der Waals surface area contributed by atoms with E-state index in [9.17, 15) is 0 Å². The van der Waals surface area contributed by atoms with Crippen LogP contribution in [0.5, 0.6) is 0 Å². The molecular formula is C13H19N. The van der Waals surface area contributed by atoms with Crippen molar-refractivity contribution in [1.82, 2.24) is 0 Å². The van der Waals surface area contributed by atoms with Crippen LogP contribution in [-0.4, -0.2) is 13.1 Å². The summed E-state index contributed by atoms with van der Waals surface area (Å²) in [7, 11) is 2.12. The third-order valence-corrected chi connectivity index (χ3v) is 2.56. The lowest BCUT2D eigenvalue weighted by Crippen LogP contribution is -2.26. The molecule has 1 aromatic carbocycles. The van der Waals surface area contributed by atoms with E-state index in [2.05, 4.69) is 57.5 Å². The van der Waals surface area contributed by atoms with Crippen LogP contribution in [0.15, 0.2) is 24.8 Å². The summed E-state index contributed by atoms with van der Waals surface area (Å²) in [6.07, 6.45) is 1.91. The van der Waals surface area contributed by atoms with Gasteiger partial charge in [0.25, 0.3) is 0 Å². The Morgan fingerprint density at radius 2 is 2.00 bits per heavy atom. The zero-order valence-corrected chi connectivity index (χ0v) is 9.54. The number of benzene rings is 1. The number of hydrogen-bond donors (Lipinski definition) is 0. The lowest BCUT2D eigenvalue weighted by molar-refractivity contribution is 0.754. The Hall–Kier alpha value is -1.24. The van der Waals surface area contributed by atoms with Gasteiger partial charge in [-0.25, -0.2) is 0 Å². The molecule has 0 unspecified atom stereocenters. The maximum Gasteiger partial charge on any atom is 0.0441 e. The summed E-state index contributed by atoms with van der Waals surface area (Å²) in [5, 5.41) is 0. The molecule has 1 nitrogen and oxygen atoms in total. The maximum absolute atomic E-state index is 3.84. The number of anilines is 1. The minimum atomic E-state index is 0.510. The molecule has 0 aliphatic rings. The van der Waals surface area contributed by atoms with Crippen LogP contribution in [0, 0.1) is 6.92 Å². The number of hydrogen-bond acceptors (Lipinski definition) is 1. The van der Waals surface area contributed by atoms with Crippen LogP contribution in [0.1, 0.15) is 25.0 Å². The smallest absolute Gasteiger partial charge is 0.0441 e.